The van der Waals surface area contributed by atoms with Gasteiger partial charge in [-0.3, -0.25) is 10.1 Å². The van der Waals surface area contributed by atoms with Crippen LogP contribution in [0.1, 0.15) is 57.4 Å². The maximum atomic E-state index is 13.1. The summed E-state index contributed by atoms with van der Waals surface area (Å²) in [5, 5.41) is 3.80. The van der Waals surface area contributed by atoms with Crippen LogP contribution in [0.4, 0.5) is 5.95 Å². The van der Waals surface area contributed by atoms with Crippen molar-refractivity contribution in [3.05, 3.63) is 33.3 Å². The average Bonchev–Trinajstić information content (AvgIpc) is 3.34. The number of thiazole rings is 1. The largest absolute Gasteiger partial charge is 0.491 e. The highest BCUT2D eigenvalue weighted by atomic mass is 32.1. The van der Waals surface area contributed by atoms with E-state index in [1.807, 2.05) is 25.3 Å². The van der Waals surface area contributed by atoms with Crippen LogP contribution >= 0.6 is 11.3 Å². The van der Waals surface area contributed by atoms with Crippen LogP contribution < -0.4 is 10.1 Å². The first kappa shape index (κ1) is 23.2. The lowest BCUT2D eigenvalue weighted by Crippen LogP contribution is -2.17. The summed E-state index contributed by atoms with van der Waals surface area (Å²) < 4.78 is 18.8. The fourth-order valence-corrected chi connectivity index (χ4v) is 4.76. The summed E-state index contributed by atoms with van der Waals surface area (Å²) in [5.74, 6) is 0.189. The van der Waals surface area contributed by atoms with Crippen molar-refractivity contribution in [1.29, 1.82) is 0 Å². The van der Waals surface area contributed by atoms with Gasteiger partial charge >= 0.3 is 5.97 Å². The number of aromatic nitrogens is 3. The summed E-state index contributed by atoms with van der Waals surface area (Å²) >= 11 is 1.36. The van der Waals surface area contributed by atoms with E-state index >= 15 is 0 Å². The minimum absolute atomic E-state index is 0.0566. The fourth-order valence-electron chi connectivity index (χ4n) is 3.86. The number of esters is 1. The van der Waals surface area contributed by atoms with Crippen molar-refractivity contribution in [3.8, 4) is 5.75 Å². The van der Waals surface area contributed by atoms with E-state index < -0.39 is 5.97 Å². The third-order valence-corrected chi connectivity index (χ3v) is 6.52. The first-order valence-corrected chi connectivity index (χ1v) is 11.9. The van der Waals surface area contributed by atoms with Gasteiger partial charge in [-0.15, -0.1) is 11.3 Å². The van der Waals surface area contributed by atoms with Crippen molar-refractivity contribution < 1.29 is 23.8 Å². The van der Waals surface area contributed by atoms with Gasteiger partial charge in [0.25, 0.3) is 5.91 Å². The second-order valence-corrected chi connectivity index (χ2v) is 9.11. The molecular weight excluding hydrogens is 444 g/mol. The summed E-state index contributed by atoms with van der Waals surface area (Å²) in [5.41, 5.74) is 2.38. The number of anilines is 1. The lowest BCUT2D eigenvalue weighted by atomic mass is 10.2. The van der Waals surface area contributed by atoms with Gasteiger partial charge in [-0.2, -0.15) is 0 Å². The highest BCUT2D eigenvalue weighted by Gasteiger charge is 2.23. The number of amides is 1. The van der Waals surface area contributed by atoms with Crippen LogP contribution in [0.15, 0.2) is 12.1 Å². The molecular formula is C23H28N4O5S. The van der Waals surface area contributed by atoms with Crippen molar-refractivity contribution in [2.24, 2.45) is 0 Å². The average molecular weight is 473 g/mol. The molecule has 10 heteroatoms. The topological polar surface area (TPSA) is 105 Å². The Balaban J connectivity index is 1.79. The molecule has 0 fully saturated rings. The van der Waals surface area contributed by atoms with Gasteiger partial charge in [0.05, 0.1) is 41.6 Å². The van der Waals surface area contributed by atoms with E-state index in [9.17, 15) is 9.59 Å². The molecule has 0 radical (unpaired) electrons. The van der Waals surface area contributed by atoms with Gasteiger partial charge in [0.1, 0.15) is 16.1 Å². The maximum Gasteiger partial charge on any atom is 0.338 e. The van der Waals surface area contributed by atoms with Gasteiger partial charge in [-0.05, 0) is 38.8 Å². The normalized spacial score (nSPS) is 16.7. The van der Waals surface area contributed by atoms with Crippen LogP contribution in [-0.4, -0.2) is 52.8 Å². The lowest BCUT2D eigenvalue weighted by Gasteiger charge is -2.13. The molecule has 3 heterocycles. The SMILES string of the molecule is CCc1nc(C)sc1C(=O)Nc1nc2cc(C(=O)OC)cc3c2n1CCCO[C@@H](C)CCO3. The summed E-state index contributed by atoms with van der Waals surface area (Å²) in [6, 6.07) is 3.33. The van der Waals surface area contributed by atoms with E-state index in [1.54, 1.807) is 12.1 Å². The second-order valence-electron chi connectivity index (χ2n) is 7.91. The molecule has 1 amide bonds. The van der Waals surface area contributed by atoms with Crippen LogP contribution in [0, 0.1) is 6.92 Å². The molecule has 9 nitrogen and oxygen atoms in total. The van der Waals surface area contributed by atoms with Crippen molar-refractivity contribution in [2.45, 2.75) is 52.7 Å². The molecule has 1 atom stereocenters. The molecule has 0 aliphatic carbocycles. The van der Waals surface area contributed by atoms with E-state index in [4.69, 9.17) is 14.2 Å². The Morgan fingerprint density at radius 1 is 1.30 bits per heavy atom. The van der Waals surface area contributed by atoms with Crippen LogP contribution in [0.2, 0.25) is 0 Å². The highest BCUT2D eigenvalue weighted by Crippen LogP contribution is 2.32. The number of aryl methyl sites for hydroxylation is 3. The third kappa shape index (κ3) is 4.86. The van der Waals surface area contributed by atoms with Crippen molar-refractivity contribution in [3.63, 3.8) is 0 Å². The van der Waals surface area contributed by atoms with Gasteiger partial charge in [0.2, 0.25) is 5.95 Å². The zero-order valence-electron chi connectivity index (χ0n) is 19.3. The standard InChI is InChI=1S/C23H28N4O5S/c1-5-16-20(33-14(3)24-16)21(28)26-23-25-17-11-15(22(29)30-4)12-18-19(17)27(23)8-6-9-31-13(2)7-10-32-18/h11-13H,5-10H2,1-4H3,(H,25,26,28)/t13-/m0/s1. The smallest absolute Gasteiger partial charge is 0.338 e. The minimum Gasteiger partial charge on any atom is -0.491 e. The number of rotatable bonds is 4. The van der Waals surface area contributed by atoms with Crippen molar-refractivity contribution >= 4 is 40.2 Å². The number of benzene rings is 1. The molecule has 3 aromatic rings. The highest BCUT2D eigenvalue weighted by molar-refractivity contribution is 7.13. The summed E-state index contributed by atoms with van der Waals surface area (Å²) in [6.07, 6.45) is 2.17. The third-order valence-electron chi connectivity index (χ3n) is 5.51. The molecule has 0 saturated heterocycles. The molecule has 4 rings (SSSR count). The first-order chi connectivity index (χ1) is 15.9. The number of methoxy groups -OCH3 is 1. The lowest BCUT2D eigenvalue weighted by molar-refractivity contribution is 0.0484. The van der Waals surface area contributed by atoms with Crippen molar-refractivity contribution in [2.75, 3.05) is 25.6 Å². The molecule has 1 N–H and O–H groups in total. The van der Waals surface area contributed by atoms with Gasteiger partial charge < -0.3 is 18.8 Å². The molecule has 0 saturated carbocycles. The number of imidazole rings is 1. The van der Waals surface area contributed by atoms with Crippen LogP contribution in [0.5, 0.6) is 5.75 Å². The van der Waals surface area contributed by atoms with E-state index in [1.165, 1.54) is 18.4 Å². The molecule has 33 heavy (non-hydrogen) atoms. The summed E-state index contributed by atoms with van der Waals surface area (Å²) in [7, 11) is 1.33. The molecule has 1 aliphatic heterocycles. The second kappa shape index (κ2) is 9.88. The molecule has 176 valence electrons. The minimum atomic E-state index is -0.476. The quantitative estimate of drug-likeness (QED) is 0.573. The number of ether oxygens (including phenoxy) is 3. The van der Waals surface area contributed by atoms with Gasteiger partial charge in [0.15, 0.2) is 0 Å². The van der Waals surface area contributed by atoms with Crippen LogP contribution in [-0.2, 0) is 22.4 Å². The van der Waals surface area contributed by atoms with Gasteiger partial charge in [-0.1, -0.05) is 6.92 Å². The van der Waals surface area contributed by atoms with Gasteiger partial charge in [-0.25, -0.2) is 14.8 Å². The number of hydrogen-bond donors (Lipinski definition) is 1. The zero-order chi connectivity index (χ0) is 23.5. The van der Waals surface area contributed by atoms with Crippen molar-refractivity contribution in [1.82, 2.24) is 14.5 Å². The predicted octanol–water partition coefficient (Wildman–Crippen LogP) is 3.98. The predicted molar refractivity (Wildman–Crippen MR) is 125 cm³/mol. The molecule has 0 unspecified atom stereocenters. The number of nitrogens with one attached hydrogen (secondary N) is 1. The fraction of sp³-hybridized carbons (Fsp3) is 0.478. The Labute approximate surface area is 196 Å². The van der Waals surface area contributed by atoms with E-state index in [0.29, 0.717) is 60.3 Å². The number of carbonyl (C=O) groups excluding carboxylic acids is 2. The summed E-state index contributed by atoms with van der Waals surface area (Å²) in [6.45, 7) is 7.44. The number of nitrogens with zero attached hydrogens (tertiary/aromatic N) is 3. The van der Waals surface area contributed by atoms with Gasteiger partial charge in [0, 0.05) is 19.6 Å². The Morgan fingerprint density at radius 2 is 2.12 bits per heavy atom. The molecule has 1 aliphatic rings. The molecule has 0 spiro atoms. The monoisotopic (exact) mass is 472 g/mol. The molecule has 0 bridgehead atoms. The van der Waals surface area contributed by atoms with Crippen LogP contribution in [0.25, 0.3) is 11.0 Å². The number of hydrogen-bond acceptors (Lipinski definition) is 8. The Bertz CT molecular complexity index is 1190. The number of carbonyl (C=O) groups is 2. The Hall–Kier alpha value is -2.98. The zero-order valence-corrected chi connectivity index (χ0v) is 20.1. The van der Waals surface area contributed by atoms with Crippen LogP contribution in [0.3, 0.4) is 0 Å². The Kier molecular flexibility index (Phi) is 6.94. The maximum absolute atomic E-state index is 13.1. The first-order valence-electron chi connectivity index (χ1n) is 11.1. The van der Waals surface area contributed by atoms with E-state index in [2.05, 4.69) is 15.3 Å². The van der Waals surface area contributed by atoms with E-state index in [0.717, 1.165) is 22.6 Å². The Morgan fingerprint density at radius 3 is 2.88 bits per heavy atom. The molecule has 2 aromatic heterocycles. The van der Waals surface area contributed by atoms with E-state index in [-0.39, 0.29) is 12.0 Å². The summed E-state index contributed by atoms with van der Waals surface area (Å²) in [4.78, 5) is 35.1. The molecule has 1 aromatic carbocycles.